The maximum atomic E-state index is 14.9. The Hall–Kier alpha value is -3.54. The van der Waals surface area contributed by atoms with Gasteiger partial charge in [0.2, 0.25) is 5.82 Å². The van der Waals surface area contributed by atoms with Crippen molar-refractivity contribution in [1.29, 1.82) is 0 Å². The zero-order chi connectivity index (χ0) is 25.7. The summed E-state index contributed by atoms with van der Waals surface area (Å²) in [5.74, 6) is -3.24. The fourth-order valence-corrected chi connectivity index (χ4v) is 4.75. The van der Waals surface area contributed by atoms with Gasteiger partial charge in [0.15, 0.2) is 23.1 Å². The van der Waals surface area contributed by atoms with E-state index in [0.717, 1.165) is 25.7 Å². The van der Waals surface area contributed by atoms with Crippen molar-refractivity contribution in [2.45, 2.75) is 45.4 Å². The molecule has 1 aliphatic carbocycles. The van der Waals surface area contributed by atoms with Crippen molar-refractivity contribution < 1.29 is 27.4 Å². The van der Waals surface area contributed by atoms with Crippen molar-refractivity contribution in [3.05, 3.63) is 95.3 Å². The van der Waals surface area contributed by atoms with Crippen LogP contribution < -0.4 is 9.47 Å². The van der Waals surface area contributed by atoms with Crippen molar-refractivity contribution in [3.8, 4) is 22.6 Å². The second-order valence-electron chi connectivity index (χ2n) is 8.96. The Labute approximate surface area is 209 Å². The van der Waals surface area contributed by atoms with Crippen molar-refractivity contribution in [1.82, 2.24) is 0 Å². The van der Waals surface area contributed by atoms with Gasteiger partial charge in [-0.15, -0.1) is 0 Å². The maximum Gasteiger partial charge on any atom is 0.343 e. The van der Waals surface area contributed by atoms with E-state index in [9.17, 15) is 18.0 Å². The fraction of sp³-hybridized carbons (Fsp3) is 0.300. The number of carbonyl (C=O) groups excluding carboxylic acids is 1. The Bertz CT molecular complexity index is 1240. The summed E-state index contributed by atoms with van der Waals surface area (Å²) in [6, 6.07) is 13.7. The molecule has 0 atom stereocenters. The molecule has 188 valence electrons. The topological polar surface area (TPSA) is 35.5 Å². The second-order valence-corrected chi connectivity index (χ2v) is 8.96. The van der Waals surface area contributed by atoms with E-state index in [1.807, 2.05) is 13.0 Å². The van der Waals surface area contributed by atoms with E-state index >= 15 is 0 Å². The SMILES string of the molecule is CC=CC1CCC(c2ccc(OC(=O)c3ccc(-c4ccc(OCC)c(F)c4)cc3)c(F)c2F)CC1. The molecule has 4 rings (SSSR count). The lowest BCUT2D eigenvalue weighted by atomic mass is 9.78. The van der Waals surface area contributed by atoms with Crippen molar-refractivity contribution in [2.24, 2.45) is 5.92 Å². The van der Waals surface area contributed by atoms with E-state index in [1.54, 1.807) is 31.2 Å². The van der Waals surface area contributed by atoms with Crippen LogP contribution in [0.3, 0.4) is 0 Å². The molecule has 0 aromatic heterocycles. The summed E-state index contributed by atoms with van der Waals surface area (Å²) in [5, 5.41) is 0. The third-order valence-electron chi connectivity index (χ3n) is 6.64. The number of ether oxygens (including phenoxy) is 2. The van der Waals surface area contributed by atoms with Gasteiger partial charge in [-0.3, -0.25) is 0 Å². The van der Waals surface area contributed by atoms with Crippen LogP contribution in [0.2, 0.25) is 0 Å². The summed E-state index contributed by atoms with van der Waals surface area (Å²) in [4.78, 5) is 12.6. The van der Waals surface area contributed by atoms with Gasteiger partial charge in [0, 0.05) is 0 Å². The minimum atomic E-state index is -1.15. The Morgan fingerprint density at radius 1 is 0.889 bits per heavy atom. The zero-order valence-corrected chi connectivity index (χ0v) is 20.4. The first-order valence-electron chi connectivity index (χ1n) is 12.3. The van der Waals surface area contributed by atoms with E-state index in [2.05, 4.69) is 6.08 Å². The van der Waals surface area contributed by atoms with Crippen LogP contribution in [0.5, 0.6) is 11.5 Å². The molecule has 0 amide bonds. The van der Waals surface area contributed by atoms with Gasteiger partial charge in [0.05, 0.1) is 12.2 Å². The lowest BCUT2D eigenvalue weighted by molar-refractivity contribution is 0.0726. The average molecular weight is 495 g/mol. The molecule has 0 saturated heterocycles. The summed E-state index contributed by atoms with van der Waals surface area (Å²) in [6.07, 6.45) is 7.64. The molecule has 1 saturated carbocycles. The van der Waals surface area contributed by atoms with Crippen LogP contribution in [-0.2, 0) is 0 Å². The van der Waals surface area contributed by atoms with Gasteiger partial charge in [0.1, 0.15) is 0 Å². The lowest BCUT2D eigenvalue weighted by Gasteiger charge is -2.27. The van der Waals surface area contributed by atoms with E-state index in [4.69, 9.17) is 9.47 Å². The summed E-state index contributed by atoms with van der Waals surface area (Å²) in [5.41, 5.74) is 1.79. The Balaban J connectivity index is 1.44. The van der Waals surface area contributed by atoms with Gasteiger partial charge in [0.25, 0.3) is 0 Å². The van der Waals surface area contributed by atoms with Crippen LogP contribution in [0, 0.1) is 23.4 Å². The van der Waals surface area contributed by atoms with Crippen LogP contribution >= 0.6 is 0 Å². The van der Waals surface area contributed by atoms with Crippen molar-refractivity contribution in [3.63, 3.8) is 0 Å². The molecule has 1 aliphatic rings. The maximum absolute atomic E-state index is 14.9. The number of carbonyl (C=O) groups is 1. The monoisotopic (exact) mass is 494 g/mol. The molecular weight excluding hydrogens is 465 g/mol. The normalized spacial score (nSPS) is 17.8. The van der Waals surface area contributed by atoms with Gasteiger partial charge < -0.3 is 9.47 Å². The fourth-order valence-electron chi connectivity index (χ4n) is 4.75. The predicted octanol–water partition coefficient (Wildman–Crippen LogP) is 8.24. The molecule has 0 radical (unpaired) electrons. The first-order valence-corrected chi connectivity index (χ1v) is 12.3. The molecule has 3 aromatic rings. The van der Waals surface area contributed by atoms with Crippen LogP contribution in [0.4, 0.5) is 13.2 Å². The van der Waals surface area contributed by atoms with Crippen LogP contribution in [-0.4, -0.2) is 12.6 Å². The molecule has 3 aromatic carbocycles. The standard InChI is InChI=1S/C30H29F3O3/c1-3-5-19-6-8-21(9-7-19)24-15-17-27(29(33)28(24)32)36-30(34)22-12-10-20(11-13-22)23-14-16-26(35-4-2)25(31)18-23/h3,5,10-19,21H,4,6-9H2,1-2H3. The molecule has 0 heterocycles. The van der Waals surface area contributed by atoms with E-state index in [1.165, 1.54) is 30.3 Å². The highest BCUT2D eigenvalue weighted by atomic mass is 19.2. The molecule has 0 spiro atoms. The second kappa shape index (κ2) is 11.5. The summed E-state index contributed by atoms with van der Waals surface area (Å²) in [7, 11) is 0. The first kappa shape index (κ1) is 25.5. The number of benzene rings is 3. The molecule has 1 fully saturated rings. The van der Waals surface area contributed by atoms with Crippen LogP contribution in [0.1, 0.15) is 61.4 Å². The number of hydrogen-bond donors (Lipinski definition) is 0. The number of esters is 1. The highest BCUT2D eigenvalue weighted by Gasteiger charge is 2.26. The first-order chi connectivity index (χ1) is 17.4. The Kier molecular flexibility index (Phi) is 8.14. The molecule has 0 aliphatic heterocycles. The Morgan fingerprint density at radius 2 is 1.56 bits per heavy atom. The smallest absolute Gasteiger partial charge is 0.343 e. The van der Waals surface area contributed by atoms with Crippen molar-refractivity contribution in [2.75, 3.05) is 6.61 Å². The lowest BCUT2D eigenvalue weighted by Crippen LogP contribution is -2.15. The molecule has 36 heavy (non-hydrogen) atoms. The number of allylic oxidation sites excluding steroid dienone is 2. The molecule has 0 N–H and O–H groups in total. The summed E-state index contributed by atoms with van der Waals surface area (Å²) >= 11 is 0. The van der Waals surface area contributed by atoms with Crippen LogP contribution in [0.25, 0.3) is 11.1 Å². The van der Waals surface area contributed by atoms with Crippen LogP contribution in [0.15, 0.2) is 66.7 Å². The van der Waals surface area contributed by atoms with Gasteiger partial charge in [-0.2, -0.15) is 4.39 Å². The largest absolute Gasteiger partial charge is 0.491 e. The number of hydrogen-bond acceptors (Lipinski definition) is 3. The van der Waals surface area contributed by atoms with E-state index in [-0.39, 0.29) is 17.2 Å². The third-order valence-corrected chi connectivity index (χ3v) is 6.64. The minimum Gasteiger partial charge on any atom is -0.491 e. The zero-order valence-electron chi connectivity index (χ0n) is 20.4. The van der Waals surface area contributed by atoms with Gasteiger partial charge in [-0.1, -0.05) is 36.4 Å². The quantitative estimate of drug-likeness (QED) is 0.188. The average Bonchev–Trinajstić information content (AvgIpc) is 2.89. The van der Waals surface area contributed by atoms with E-state index in [0.29, 0.717) is 29.2 Å². The highest BCUT2D eigenvalue weighted by molar-refractivity contribution is 5.91. The molecule has 6 heteroatoms. The van der Waals surface area contributed by atoms with Gasteiger partial charge in [-0.25, -0.2) is 13.6 Å². The Morgan fingerprint density at radius 3 is 2.19 bits per heavy atom. The molecule has 3 nitrogen and oxygen atoms in total. The third kappa shape index (κ3) is 5.64. The van der Waals surface area contributed by atoms with Gasteiger partial charge >= 0.3 is 5.97 Å². The van der Waals surface area contributed by atoms with Crippen molar-refractivity contribution >= 4 is 5.97 Å². The summed E-state index contributed by atoms with van der Waals surface area (Å²) in [6.45, 7) is 4.12. The number of rotatable bonds is 7. The highest BCUT2D eigenvalue weighted by Crippen LogP contribution is 2.39. The summed E-state index contributed by atoms with van der Waals surface area (Å²) < 4.78 is 54.2. The predicted molar refractivity (Wildman–Crippen MR) is 134 cm³/mol. The molecule has 0 bridgehead atoms. The van der Waals surface area contributed by atoms with E-state index < -0.39 is 29.2 Å². The molecular formula is C30H29F3O3. The van der Waals surface area contributed by atoms with Gasteiger partial charge in [-0.05, 0) is 98.4 Å². The molecule has 0 unspecified atom stereocenters. The minimum absolute atomic E-state index is 0.0502. The number of halogens is 3.